The van der Waals surface area contributed by atoms with E-state index in [0.717, 1.165) is 25.4 Å². The van der Waals surface area contributed by atoms with Gasteiger partial charge in [0.15, 0.2) is 0 Å². The van der Waals surface area contributed by atoms with E-state index in [1.54, 1.807) is 0 Å². The van der Waals surface area contributed by atoms with Crippen LogP contribution < -0.4 is 5.32 Å². The Kier molecular flexibility index (Phi) is 4.38. The highest BCUT2D eigenvalue weighted by Gasteiger charge is 2.20. The fourth-order valence-corrected chi connectivity index (χ4v) is 2.85. The van der Waals surface area contributed by atoms with Gasteiger partial charge in [-0.05, 0) is 44.2 Å². The first-order chi connectivity index (χ1) is 6.49. The van der Waals surface area contributed by atoms with Crippen LogP contribution in [0.3, 0.4) is 0 Å². The van der Waals surface area contributed by atoms with Gasteiger partial charge in [-0.25, -0.2) is 8.42 Å². The summed E-state index contributed by atoms with van der Waals surface area (Å²) in [6, 6.07) is 0. The number of hydrogen-bond acceptors (Lipinski definition) is 3. The lowest BCUT2D eigenvalue weighted by molar-refractivity contribution is 0.270. The smallest absolute Gasteiger partial charge is 0.147 e. The van der Waals surface area contributed by atoms with Gasteiger partial charge < -0.3 is 5.32 Å². The molecule has 1 rings (SSSR count). The molecule has 3 nitrogen and oxygen atoms in total. The van der Waals surface area contributed by atoms with Crippen molar-refractivity contribution in [2.24, 2.45) is 11.8 Å². The fourth-order valence-electron chi connectivity index (χ4n) is 2.05. The zero-order chi connectivity index (χ0) is 10.6. The normalized spacial score (nSPS) is 22.1. The molecule has 0 bridgehead atoms. The second-order valence-corrected chi connectivity index (χ2v) is 6.74. The molecule has 4 heteroatoms. The molecule has 1 N–H and O–H groups in total. The molecule has 0 radical (unpaired) electrons. The number of sulfone groups is 1. The lowest BCUT2D eigenvalue weighted by atomic mass is 9.85. The second kappa shape index (κ2) is 5.12. The van der Waals surface area contributed by atoms with E-state index in [0.29, 0.717) is 11.7 Å². The molecular weight excluding hydrogens is 198 g/mol. The Morgan fingerprint density at radius 2 is 1.93 bits per heavy atom. The average molecular weight is 219 g/mol. The third-order valence-electron chi connectivity index (χ3n) is 3.13. The van der Waals surface area contributed by atoms with Gasteiger partial charge in [-0.1, -0.05) is 6.92 Å². The maximum atomic E-state index is 11.0. The molecule has 14 heavy (non-hydrogen) atoms. The van der Waals surface area contributed by atoms with Crippen LogP contribution in [0.25, 0.3) is 0 Å². The van der Waals surface area contributed by atoms with Gasteiger partial charge in [0.2, 0.25) is 0 Å². The summed E-state index contributed by atoms with van der Waals surface area (Å²) in [5, 5.41) is 3.32. The van der Waals surface area contributed by atoms with Crippen molar-refractivity contribution in [1.82, 2.24) is 5.32 Å². The topological polar surface area (TPSA) is 46.2 Å². The largest absolute Gasteiger partial charge is 0.317 e. The van der Waals surface area contributed by atoms with Crippen LogP contribution in [0, 0.1) is 11.8 Å². The van der Waals surface area contributed by atoms with Crippen LogP contribution in [0.2, 0.25) is 0 Å². The molecule has 0 saturated carbocycles. The van der Waals surface area contributed by atoms with Crippen molar-refractivity contribution >= 4 is 9.84 Å². The Morgan fingerprint density at radius 1 is 1.36 bits per heavy atom. The molecule has 0 amide bonds. The number of rotatable bonds is 4. The van der Waals surface area contributed by atoms with E-state index in [9.17, 15) is 8.42 Å². The van der Waals surface area contributed by atoms with Crippen molar-refractivity contribution in [3.05, 3.63) is 0 Å². The molecule has 84 valence electrons. The van der Waals surface area contributed by atoms with Crippen LogP contribution in [0.15, 0.2) is 0 Å². The molecule has 1 atom stereocenters. The zero-order valence-corrected chi connectivity index (χ0v) is 9.94. The predicted molar refractivity (Wildman–Crippen MR) is 59.1 cm³/mol. The van der Waals surface area contributed by atoms with E-state index >= 15 is 0 Å². The van der Waals surface area contributed by atoms with Crippen molar-refractivity contribution in [3.63, 3.8) is 0 Å². The minimum Gasteiger partial charge on any atom is -0.317 e. The summed E-state index contributed by atoms with van der Waals surface area (Å²) in [5.74, 6) is 1.61. The van der Waals surface area contributed by atoms with Crippen LogP contribution in [0.4, 0.5) is 0 Å². The Labute approximate surface area is 87.2 Å². The van der Waals surface area contributed by atoms with Crippen molar-refractivity contribution in [1.29, 1.82) is 0 Å². The first-order valence-electron chi connectivity index (χ1n) is 5.37. The molecule has 1 heterocycles. The van der Waals surface area contributed by atoms with Gasteiger partial charge in [-0.3, -0.25) is 0 Å². The maximum Gasteiger partial charge on any atom is 0.147 e. The third-order valence-corrected chi connectivity index (χ3v) is 4.11. The van der Waals surface area contributed by atoms with Crippen molar-refractivity contribution in [3.8, 4) is 0 Å². The molecule has 1 fully saturated rings. The SMILES string of the molecule is CC(CCS(C)(=O)=O)C1CCNCC1. The summed E-state index contributed by atoms with van der Waals surface area (Å²) in [5.41, 5.74) is 0. The summed E-state index contributed by atoms with van der Waals surface area (Å²) < 4.78 is 22.0. The maximum absolute atomic E-state index is 11.0. The summed E-state index contributed by atoms with van der Waals surface area (Å²) in [4.78, 5) is 0. The second-order valence-electron chi connectivity index (χ2n) is 4.48. The summed E-state index contributed by atoms with van der Waals surface area (Å²) in [6.45, 7) is 4.36. The zero-order valence-electron chi connectivity index (χ0n) is 9.12. The van der Waals surface area contributed by atoms with E-state index in [1.807, 2.05) is 0 Å². The predicted octanol–water partition coefficient (Wildman–Crippen LogP) is 1.06. The van der Waals surface area contributed by atoms with Crippen LogP contribution in [0.1, 0.15) is 26.2 Å². The third kappa shape index (κ3) is 4.42. The molecule has 0 spiro atoms. The molecule has 0 aromatic heterocycles. The molecule has 0 aromatic carbocycles. The lowest BCUT2D eigenvalue weighted by Gasteiger charge is -2.28. The summed E-state index contributed by atoms with van der Waals surface area (Å²) in [6.07, 6.45) is 4.54. The molecular formula is C10H21NO2S. The first kappa shape index (κ1) is 12.0. The van der Waals surface area contributed by atoms with Gasteiger partial charge in [-0.15, -0.1) is 0 Å². The standard InChI is InChI=1S/C10H21NO2S/c1-9(5-8-14(2,12)13)10-3-6-11-7-4-10/h9-11H,3-8H2,1-2H3. The van der Waals surface area contributed by atoms with Gasteiger partial charge in [0.25, 0.3) is 0 Å². The minimum absolute atomic E-state index is 0.345. The van der Waals surface area contributed by atoms with Crippen LogP contribution in [-0.2, 0) is 9.84 Å². The minimum atomic E-state index is -2.77. The lowest BCUT2D eigenvalue weighted by Crippen LogP contribution is -2.31. The Morgan fingerprint density at radius 3 is 2.43 bits per heavy atom. The highest BCUT2D eigenvalue weighted by atomic mass is 32.2. The Hall–Kier alpha value is -0.0900. The van der Waals surface area contributed by atoms with Crippen molar-refractivity contribution in [2.75, 3.05) is 25.1 Å². The summed E-state index contributed by atoms with van der Waals surface area (Å²) >= 11 is 0. The van der Waals surface area contributed by atoms with E-state index in [-0.39, 0.29) is 0 Å². The van der Waals surface area contributed by atoms with Gasteiger partial charge >= 0.3 is 0 Å². The van der Waals surface area contributed by atoms with Gasteiger partial charge in [0.1, 0.15) is 9.84 Å². The molecule has 1 aliphatic heterocycles. The highest BCUT2D eigenvalue weighted by molar-refractivity contribution is 7.90. The van der Waals surface area contributed by atoms with Gasteiger partial charge in [-0.2, -0.15) is 0 Å². The number of nitrogens with one attached hydrogen (secondary N) is 1. The van der Waals surface area contributed by atoms with Crippen molar-refractivity contribution in [2.45, 2.75) is 26.2 Å². The molecule has 1 aliphatic rings. The first-order valence-corrected chi connectivity index (χ1v) is 7.43. The molecule has 1 saturated heterocycles. The van der Waals surface area contributed by atoms with E-state index in [2.05, 4.69) is 12.2 Å². The molecule has 0 aliphatic carbocycles. The van der Waals surface area contributed by atoms with Crippen molar-refractivity contribution < 1.29 is 8.42 Å². The van der Waals surface area contributed by atoms with Gasteiger partial charge in [0.05, 0.1) is 5.75 Å². The fraction of sp³-hybridized carbons (Fsp3) is 1.00. The highest BCUT2D eigenvalue weighted by Crippen LogP contribution is 2.24. The number of hydrogen-bond donors (Lipinski definition) is 1. The van der Waals surface area contributed by atoms with Crippen LogP contribution >= 0.6 is 0 Å². The van der Waals surface area contributed by atoms with E-state index in [1.165, 1.54) is 19.1 Å². The van der Waals surface area contributed by atoms with Gasteiger partial charge in [0, 0.05) is 6.26 Å². The monoisotopic (exact) mass is 219 g/mol. The van der Waals surface area contributed by atoms with Crippen LogP contribution in [0.5, 0.6) is 0 Å². The van der Waals surface area contributed by atoms with E-state index < -0.39 is 9.84 Å². The molecule has 1 unspecified atom stereocenters. The Bertz CT molecular complexity index is 255. The quantitative estimate of drug-likeness (QED) is 0.769. The molecule has 0 aromatic rings. The van der Waals surface area contributed by atoms with Crippen LogP contribution in [-0.4, -0.2) is 33.5 Å². The summed E-state index contributed by atoms with van der Waals surface area (Å²) in [7, 11) is -2.77. The average Bonchev–Trinajstić information content (AvgIpc) is 2.14. The Balaban J connectivity index is 2.30. The van der Waals surface area contributed by atoms with E-state index in [4.69, 9.17) is 0 Å². The number of piperidine rings is 1.